The molecule has 20 heavy (non-hydrogen) atoms. The van der Waals surface area contributed by atoms with Crippen LogP contribution in [0.25, 0.3) is 0 Å². The molecule has 0 saturated heterocycles. The second kappa shape index (κ2) is 6.29. The fourth-order valence-electron chi connectivity index (χ4n) is 3.27. The molecule has 3 heteroatoms. The molecule has 1 saturated carbocycles. The van der Waals surface area contributed by atoms with Crippen molar-refractivity contribution in [2.75, 3.05) is 12.4 Å². The molecule has 0 amide bonds. The predicted molar refractivity (Wildman–Crippen MR) is 82.1 cm³/mol. The third-order valence-electron chi connectivity index (χ3n) is 4.61. The van der Waals surface area contributed by atoms with E-state index in [-0.39, 0.29) is 5.97 Å². The molecular formula is C17H25NO2. The van der Waals surface area contributed by atoms with E-state index >= 15 is 0 Å². The van der Waals surface area contributed by atoms with Gasteiger partial charge in [0.05, 0.1) is 12.7 Å². The minimum atomic E-state index is -0.268. The Labute approximate surface area is 121 Å². The molecule has 0 aromatic heterocycles. The summed E-state index contributed by atoms with van der Waals surface area (Å²) in [6, 6.07) is 6.27. The molecule has 110 valence electrons. The summed E-state index contributed by atoms with van der Waals surface area (Å²) in [4.78, 5) is 11.8. The molecule has 0 radical (unpaired) electrons. The van der Waals surface area contributed by atoms with Crippen LogP contribution in [0.1, 0.15) is 49.0 Å². The fraction of sp³-hybridized carbons (Fsp3) is 0.588. The van der Waals surface area contributed by atoms with E-state index in [2.05, 4.69) is 25.2 Å². The average Bonchev–Trinajstić information content (AvgIpc) is 2.44. The van der Waals surface area contributed by atoms with Crippen molar-refractivity contribution in [2.45, 2.75) is 46.1 Å². The highest BCUT2D eigenvalue weighted by atomic mass is 16.5. The lowest BCUT2D eigenvalue weighted by atomic mass is 9.78. The van der Waals surface area contributed by atoms with Crippen LogP contribution in [0.2, 0.25) is 0 Å². The maximum absolute atomic E-state index is 11.8. The smallest absolute Gasteiger partial charge is 0.338 e. The van der Waals surface area contributed by atoms with Crippen molar-refractivity contribution >= 4 is 11.7 Å². The van der Waals surface area contributed by atoms with Crippen LogP contribution >= 0.6 is 0 Å². The highest BCUT2D eigenvalue weighted by molar-refractivity contribution is 5.92. The highest BCUT2D eigenvalue weighted by Crippen LogP contribution is 2.32. The molecule has 1 aliphatic carbocycles. The van der Waals surface area contributed by atoms with Crippen molar-refractivity contribution in [1.82, 2.24) is 0 Å². The maximum Gasteiger partial charge on any atom is 0.338 e. The van der Waals surface area contributed by atoms with Crippen molar-refractivity contribution in [3.63, 3.8) is 0 Å². The van der Waals surface area contributed by atoms with Crippen LogP contribution in [0, 0.1) is 18.8 Å². The van der Waals surface area contributed by atoms with Crippen molar-refractivity contribution < 1.29 is 9.53 Å². The minimum absolute atomic E-state index is 0.268. The zero-order valence-corrected chi connectivity index (χ0v) is 12.9. The molecule has 1 aliphatic rings. The van der Waals surface area contributed by atoms with E-state index in [1.807, 2.05) is 19.1 Å². The van der Waals surface area contributed by atoms with E-state index in [0.29, 0.717) is 23.4 Å². The first-order valence-electron chi connectivity index (χ1n) is 7.49. The summed E-state index contributed by atoms with van der Waals surface area (Å²) < 4.78 is 4.84. The molecule has 2 rings (SSSR count). The molecule has 0 aliphatic heterocycles. The Bertz CT molecular complexity index is 474. The van der Waals surface area contributed by atoms with Gasteiger partial charge in [0.25, 0.3) is 0 Å². The van der Waals surface area contributed by atoms with Gasteiger partial charge in [-0.15, -0.1) is 0 Å². The molecular weight excluding hydrogens is 250 g/mol. The van der Waals surface area contributed by atoms with E-state index in [1.165, 1.54) is 26.4 Å². The number of methoxy groups -OCH3 is 1. The molecule has 0 bridgehead atoms. The van der Waals surface area contributed by atoms with Gasteiger partial charge < -0.3 is 10.1 Å². The van der Waals surface area contributed by atoms with Crippen LogP contribution in [-0.4, -0.2) is 19.1 Å². The Kier molecular flexibility index (Phi) is 4.69. The van der Waals surface area contributed by atoms with Gasteiger partial charge in [0.2, 0.25) is 0 Å². The summed E-state index contributed by atoms with van der Waals surface area (Å²) >= 11 is 0. The summed E-state index contributed by atoms with van der Waals surface area (Å²) in [6.07, 6.45) is 3.87. The first-order valence-corrected chi connectivity index (χ1v) is 7.49. The van der Waals surface area contributed by atoms with Gasteiger partial charge in [0, 0.05) is 11.7 Å². The normalized spacial score (nSPS) is 26.1. The number of benzene rings is 1. The number of hydrogen-bond donors (Lipinski definition) is 1. The van der Waals surface area contributed by atoms with E-state index in [9.17, 15) is 4.79 Å². The van der Waals surface area contributed by atoms with E-state index in [4.69, 9.17) is 4.74 Å². The summed E-state index contributed by atoms with van der Waals surface area (Å²) in [7, 11) is 1.42. The van der Waals surface area contributed by atoms with Crippen LogP contribution < -0.4 is 5.32 Å². The zero-order valence-electron chi connectivity index (χ0n) is 12.9. The largest absolute Gasteiger partial charge is 0.465 e. The third-order valence-corrected chi connectivity index (χ3v) is 4.61. The van der Waals surface area contributed by atoms with Gasteiger partial charge in [0.15, 0.2) is 0 Å². The maximum atomic E-state index is 11.8. The molecule has 0 spiro atoms. The molecule has 1 N–H and O–H groups in total. The third kappa shape index (κ3) is 2.97. The monoisotopic (exact) mass is 275 g/mol. The van der Waals surface area contributed by atoms with Gasteiger partial charge in [-0.05, 0) is 49.3 Å². The Hall–Kier alpha value is -1.51. The molecule has 2 atom stereocenters. The van der Waals surface area contributed by atoms with Gasteiger partial charge in [-0.3, -0.25) is 0 Å². The van der Waals surface area contributed by atoms with Crippen LogP contribution in [0.4, 0.5) is 5.69 Å². The zero-order chi connectivity index (χ0) is 14.7. The second-order valence-corrected chi connectivity index (χ2v) is 6.03. The van der Waals surface area contributed by atoms with Crippen LogP contribution in [-0.2, 0) is 4.74 Å². The molecule has 1 fully saturated rings. The van der Waals surface area contributed by atoms with Gasteiger partial charge in [-0.25, -0.2) is 4.79 Å². The number of carbonyl (C=O) groups excluding carboxylic acids is 1. The van der Waals surface area contributed by atoms with Crippen molar-refractivity contribution in [3.8, 4) is 0 Å². The first-order chi connectivity index (χ1) is 9.54. The number of anilines is 1. The number of rotatable bonds is 3. The van der Waals surface area contributed by atoms with E-state index in [1.54, 1.807) is 0 Å². The Balaban J connectivity index is 2.23. The van der Waals surface area contributed by atoms with Gasteiger partial charge in [0.1, 0.15) is 0 Å². The lowest BCUT2D eigenvalue weighted by Crippen LogP contribution is -2.37. The summed E-state index contributed by atoms with van der Waals surface area (Å²) in [5.74, 6) is 1.07. The lowest BCUT2D eigenvalue weighted by molar-refractivity contribution is 0.0600. The standard InChI is InChI=1S/C17H25NO2/c1-11-7-5-8-12(2)16(11)18-15-10-6-9-14(13(15)3)17(19)20-4/h6,9-12,16,18H,5,7-8H2,1-4H3. The molecule has 1 aromatic carbocycles. The van der Waals surface area contributed by atoms with Gasteiger partial charge >= 0.3 is 5.97 Å². The van der Waals surface area contributed by atoms with Gasteiger partial charge in [-0.1, -0.05) is 26.3 Å². The fourth-order valence-corrected chi connectivity index (χ4v) is 3.27. The van der Waals surface area contributed by atoms with Crippen molar-refractivity contribution in [2.24, 2.45) is 11.8 Å². The van der Waals surface area contributed by atoms with Crippen molar-refractivity contribution in [3.05, 3.63) is 29.3 Å². The molecule has 3 nitrogen and oxygen atoms in total. The predicted octanol–water partition coefficient (Wildman–Crippen LogP) is 4.02. The Morgan fingerprint density at radius 3 is 2.50 bits per heavy atom. The van der Waals surface area contributed by atoms with Crippen LogP contribution in [0.5, 0.6) is 0 Å². The molecule has 0 heterocycles. The van der Waals surface area contributed by atoms with Crippen molar-refractivity contribution in [1.29, 1.82) is 0 Å². The SMILES string of the molecule is COC(=O)c1cccc(NC2C(C)CCCC2C)c1C. The molecule has 2 unspecified atom stereocenters. The topological polar surface area (TPSA) is 38.3 Å². The highest BCUT2D eigenvalue weighted by Gasteiger charge is 2.28. The first kappa shape index (κ1) is 14.9. The number of carbonyl (C=O) groups is 1. The second-order valence-electron chi connectivity index (χ2n) is 6.03. The Morgan fingerprint density at radius 2 is 1.90 bits per heavy atom. The number of ether oxygens (including phenoxy) is 1. The van der Waals surface area contributed by atoms with Crippen LogP contribution in [0.3, 0.4) is 0 Å². The summed E-state index contributed by atoms with van der Waals surface area (Å²) in [5, 5.41) is 3.66. The summed E-state index contributed by atoms with van der Waals surface area (Å²) in [5.41, 5.74) is 2.68. The van der Waals surface area contributed by atoms with E-state index in [0.717, 1.165) is 11.3 Å². The number of esters is 1. The average molecular weight is 275 g/mol. The summed E-state index contributed by atoms with van der Waals surface area (Å²) in [6.45, 7) is 6.60. The van der Waals surface area contributed by atoms with Gasteiger partial charge in [-0.2, -0.15) is 0 Å². The van der Waals surface area contributed by atoms with E-state index < -0.39 is 0 Å². The quantitative estimate of drug-likeness (QED) is 0.847. The lowest BCUT2D eigenvalue weighted by Gasteiger charge is -2.36. The number of hydrogen-bond acceptors (Lipinski definition) is 3. The Morgan fingerprint density at radius 1 is 1.25 bits per heavy atom. The number of nitrogens with one attached hydrogen (secondary N) is 1. The minimum Gasteiger partial charge on any atom is -0.465 e. The van der Waals surface area contributed by atoms with Crippen LogP contribution in [0.15, 0.2) is 18.2 Å². The molecule has 1 aromatic rings.